The average molecular weight is 282 g/mol. The van der Waals surface area contributed by atoms with Crippen molar-refractivity contribution in [1.82, 2.24) is 9.88 Å². The molecule has 0 aliphatic rings. The smallest absolute Gasteiger partial charge is 0.134 e. The van der Waals surface area contributed by atoms with Gasteiger partial charge in [-0.15, -0.1) is 0 Å². The minimum absolute atomic E-state index is 0.201. The summed E-state index contributed by atoms with van der Waals surface area (Å²) >= 11 is 0. The van der Waals surface area contributed by atoms with E-state index in [2.05, 4.69) is 54.3 Å². The number of para-hydroxylation sites is 1. The summed E-state index contributed by atoms with van der Waals surface area (Å²) in [5.41, 5.74) is 2.27. The van der Waals surface area contributed by atoms with Crippen LogP contribution in [-0.4, -0.2) is 4.57 Å². The van der Waals surface area contributed by atoms with Crippen molar-refractivity contribution in [3.05, 3.63) is 60.1 Å². The minimum Gasteiger partial charge on any atom is -0.459 e. The fourth-order valence-electron chi connectivity index (χ4n) is 2.58. The molecule has 1 N–H and O–H groups in total. The highest BCUT2D eigenvalue weighted by molar-refractivity contribution is 5.77. The van der Waals surface area contributed by atoms with Gasteiger partial charge in [0.2, 0.25) is 0 Å². The van der Waals surface area contributed by atoms with Gasteiger partial charge in [-0.1, -0.05) is 25.1 Å². The van der Waals surface area contributed by atoms with Crippen molar-refractivity contribution in [2.75, 3.05) is 0 Å². The molecule has 0 aliphatic heterocycles. The number of hydrogen-bond donors (Lipinski definition) is 1. The summed E-state index contributed by atoms with van der Waals surface area (Å²) in [4.78, 5) is 0. The third-order valence-corrected chi connectivity index (χ3v) is 3.78. The number of aromatic nitrogens is 1. The van der Waals surface area contributed by atoms with Crippen molar-refractivity contribution in [3.63, 3.8) is 0 Å². The maximum atomic E-state index is 5.89. The Morgan fingerprint density at radius 3 is 2.90 bits per heavy atom. The summed E-state index contributed by atoms with van der Waals surface area (Å²) in [6, 6.07) is 12.6. The number of furan rings is 1. The lowest BCUT2D eigenvalue weighted by Gasteiger charge is -2.10. The molecule has 2 aromatic heterocycles. The van der Waals surface area contributed by atoms with Gasteiger partial charge in [0.15, 0.2) is 0 Å². The van der Waals surface area contributed by atoms with Crippen molar-refractivity contribution < 1.29 is 4.42 Å². The second-order valence-electron chi connectivity index (χ2n) is 5.55. The number of hydrogen-bond acceptors (Lipinski definition) is 2. The van der Waals surface area contributed by atoms with Crippen LogP contribution in [0.4, 0.5) is 0 Å². The molecule has 110 valence electrons. The maximum Gasteiger partial charge on any atom is 0.134 e. The van der Waals surface area contributed by atoms with Gasteiger partial charge in [0.25, 0.3) is 0 Å². The van der Waals surface area contributed by atoms with E-state index in [1.54, 1.807) is 0 Å². The fraction of sp³-hybridized carbons (Fsp3) is 0.333. The van der Waals surface area contributed by atoms with Crippen LogP contribution in [-0.2, 0) is 13.1 Å². The zero-order chi connectivity index (χ0) is 14.7. The van der Waals surface area contributed by atoms with E-state index in [0.717, 1.165) is 36.2 Å². The molecule has 0 fully saturated rings. The van der Waals surface area contributed by atoms with E-state index in [-0.39, 0.29) is 6.04 Å². The third kappa shape index (κ3) is 3.19. The largest absolute Gasteiger partial charge is 0.459 e. The van der Waals surface area contributed by atoms with Gasteiger partial charge in [-0.2, -0.15) is 0 Å². The van der Waals surface area contributed by atoms with Crippen LogP contribution in [0.1, 0.15) is 37.6 Å². The Balaban J connectivity index is 1.63. The molecule has 1 unspecified atom stereocenters. The molecule has 0 bridgehead atoms. The second kappa shape index (κ2) is 6.19. The van der Waals surface area contributed by atoms with Crippen molar-refractivity contribution in [3.8, 4) is 0 Å². The summed E-state index contributed by atoms with van der Waals surface area (Å²) in [6.45, 7) is 6.27. The number of benzene rings is 1. The Morgan fingerprint density at radius 1 is 1.24 bits per heavy atom. The Kier molecular flexibility index (Phi) is 4.11. The summed E-state index contributed by atoms with van der Waals surface area (Å²) in [5.74, 6) is 0.990. The molecule has 3 nitrogen and oxygen atoms in total. The standard InChI is InChI=1S/C18H22N2O/c1-3-9-20-10-8-15(13-20)12-19-14(2)18-11-16-6-4-5-7-17(16)21-18/h4-8,10-11,13-14,19H,3,9,12H2,1-2H3. The molecule has 3 rings (SSSR count). The molecular formula is C18H22N2O. The van der Waals surface area contributed by atoms with E-state index in [4.69, 9.17) is 4.42 Å². The Hall–Kier alpha value is -2.00. The molecule has 0 amide bonds. The van der Waals surface area contributed by atoms with Crippen LogP contribution in [0.15, 0.2) is 53.2 Å². The Labute approximate surface area is 125 Å². The minimum atomic E-state index is 0.201. The molecular weight excluding hydrogens is 260 g/mol. The molecule has 2 heterocycles. The first-order valence-corrected chi connectivity index (χ1v) is 7.63. The topological polar surface area (TPSA) is 30.1 Å². The molecule has 3 heteroatoms. The first-order valence-electron chi connectivity index (χ1n) is 7.63. The van der Waals surface area contributed by atoms with Crippen LogP contribution >= 0.6 is 0 Å². The van der Waals surface area contributed by atoms with Gasteiger partial charge in [-0.25, -0.2) is 0 Å². The number of rotatable bonds is 6. The fourth-order valence-corrected chi connectivity index (χ4v) is 2.58. The van der Waals surface area contributed by atoms with E-state index < -0.39 is 0 Å². The van der Waals surface area contributed by atoms with Crippen molar-refractivity contribution in [2.24, 2.45) is 0 Å². The first-order chi connectivity index (χ1) is 10.3. The highest BCUT2D eigenvalue weighted by atomic mass is 16.3. The molecule has 0 saturated heterocycles. The van der Waals surface area contributed by atoms with Crippen LogP contribution in [0.5, 0.6) is 0 Å². The van der Waals surface area contributed by atoms with Crippen LogP contribution in [0, 0.1) is 0 Å². The second-order valence-corrected chi connectivity index (χ2v) is 5.55. The monoisotopic (exact) mass is 282 g/mol. The van der Waals surface area contributed by atoms with Crippen LogP contribution in [0.2, 0.25) is 0 Å². The quantitative estimate of drug-likeness (QED) is 0.721. The Bertz CT molecular complexity index is 678. The first kappa shape index (κ1) is 14.0. The van der Waals surface area contributed by atoms with E-state index >= 15 is 0 Å². The maximum absolute atomic E-state index is 5.89. The number of nitrogens with zero attached hydrogens (tertiary/aromatic N) is 1. The van der Waals surface area contributed by atoms with Gasteiger partial charge in [-0.05, 0) is 37.1 Å². The lowest BCUT2D eigenvalue weighted by atomic mass is 10.2. The van der Waals surface area contributed by atoms with Gasteiger partial charge >= 0.3 is 0 Å². The molecule has 3 aromatic rings. The zero-order valence-electron chi connectivity index (χ0n) is 12.7. The zero-order valence-corrected chi connectivity index (χ0v) is 12.7. The van der Waals surface area contributed by atoms with Gasteiger partial charge < -0.3 is 14.3 Å². The predicted molar refractivity (Wildman–Crippen MR) is 86.2 cm³/mol. The van der Waals surface area contributed by atoms with Crippen molar-refractivity contribution >= 4 is 11.0 Å². The molecule has 1 aromatic carbocycles. The number of aryl methyl sites for hydroxylation is 1. The van der Waals surface area contributed by atoms with Gasteiger partial charge in [0, 0.05) is 30.9 Å². The van der Waals surface area contributed by atoms with Crippen LogP contribution in [0.3, 0.4) is 0 Å². The van der Waals surface area contributed by atoms with Gasteiger partial charge in [0.1, 0.15) is 11.3 Å². The normalized spacial score (nSPS) is 12.9. The van der Waals surface area contributed by atoms with E-state index in [0.29, 0.717) is 0 Å². The summed E-state index contributed by atoms with van der Waals surface area (Å²) in [5, 5.41) is 4.69. The Morgan fingerprint density at radius 2 is 2.10 bits per heavy atom. The van der Waals surface area contributed by atoms with E-state index in [9.17, 15) is 0 Å². The SMILES string of the molecule is CCCn1ccc(CNC(C)c2cc3ccccc3o2)c1. The number of nitrogens with one attached hydrogen (secondary N) is 1. The summed E-state index contributed by atoms with van der Waals surface area (Å²) in [7, 11) is 0. The van der Waals surface area contributed by atoms with Crippen LogP contribution < -0.4 is 5.32 Å². The molecule has 0 saturated carbocycles. The molecule has 21 heavy (non-hydrogen) atoms. The highest BCUT2D eigenvalue weighted by Crippen LogP contribution is 2.23. The van der Waals surface area contributed by atoms with Crippen molar-refractivity contribution in [1.29, 1.82) is 0 Å². The van der Waals surface area contributed by atoms with Gasteiger partial charge in [-0.3, -0.25) is 0 Å². The van der Waals surface area contributed by atoms with Crippen LogP contribution in [0.25, 0.3) is 11.0 Å². The third-order valence-electron chi connectivity index (χ3n) is 3.78. The predicted octanol–water partition coefficient (Wildman–Crippen LogP) is 4.50. The van der Waals surface area contributed by atoms with E-state index in [1.165, 1.54) is 5.56 Å². The molecule has 1 atom stereocenters. The number of fused-ring (bicyclic) bond motifs is 1. The highest BCUT2D eigenvalue weighted by Gasteiger charge is 2.11. The van der Waals surface area contributed by atoms with E-state index in [1.807, 2.05) is 18.2 Å². The lowest BCUT2D eigenvalue weighted by molar-refractivity contribution is 0.450. The average Bonchev–Trinajstić information content (AvgIpc) is 3.11. The lowest BCUT2D eigenvalue weighted by Crippen LogP contribution is -2.17. The molecule has 0 aliphatic carbocycles. The molecule has 0 radical (unpaired) electrons. The molecule has 0 spiro atoms. The van der Waals surface area contributed by atoms with Gasteiger partial charge in [0.05, 0.1) is 6.04 Å². The summed E-state index contributed by atoms with van der Waals surface area (Å²) in [6.07, 6.45) is 5.52. The summed E-state index contributed by atoms with van der Waals surface area (Å²) < 4.78 is 8.13. The van der Waals surface area contributed by atoms with Crippen molar-refractivity contribution in [2.45, 2.75) is 39.4 Å².